The van der Waals surface area contributed by atoms with Gasteiger partial charge in [0.1, 0.15) is 0 Å². The molecule has 3 rings (SSSR count). The second-order valence-electron chi connectivity index (χ2n) is 5.62. The summed E-state index contributed by atoms with van der Waals surface area (Å²) in [6.07, 6.45) is 4.62. The minimum atomic E-state index is 0.0817. The summed E-state index contributed by atoms with van der Waals surface area (Å²) in [4.78, 5) is 13.0. The number of hydrogen-bond acceptors (Lipinski definition) is 5. The van der Waals surface area contributed by atoms with Crippen molar-refractivity contribution in [3.05, 3.63) is 27.7 Å². The first-order chi connectivity index (χ1) is 10.1. The molecule has 0 bridgehead atoms. The van der Waals surface area contributed by atoms with Crippen LogP contribution in [0, 0.1) is 13.8 Å². The van der Waals surface area contributed by atoms with E-state index in [4.69, 9.17) is 0 Å². The summed E-state index contributed by atoms with van der Waals surface area (Å²) in [6.45, 7) is 4.00. The van der Waals surface area contributed by atoms with Crippen molar-refractivity contribution < 1.29 is 0 Å². The van der Waals surface area contributed by atoms with Gasteiger partial charge in [-0.15, -0.1) is 10.2 Å². The van der Waals surface area contributed by atoms with E-state index in [1.54, 1.807) is 0 Å². The molecule has 0 aromatic carbocycles. The van der Waals surface area contributed by atoms with Crippen LogP contribution in [0.3, 0.4) is 0 Å². The molecule has 6 heteroatoms. The third kappa shape index (κ3) is 2.48. The van der Waals surface area contributed by atoms with Gasteiger partial charge in [-0.3, -0.25) is 4.79 Å². The highest BCUT2D eigenvalue weighted by Crippen LogP contribution is 2.32. The maximum absolute atomic E-state index is 13.0. The Kier molecular flexibility index (Phi) is 3.80. The number of pyridine rings is 1. The molecule has 5 nitrogen and oxygen atoms in total. The van der Waals surface area contributed by atoms with Gasteiger partial charge in [0.2, 0.25) is 5.13 Å². The van der Waals surface area contributed by atoms with E-state index in [1.165, 1.54) is 24.2 Å². The Hall–Kier alpha value is -1.69. The molecule has 0 saturated heterocycles. The van der Waals surface area contributed by atoms with Crippen molar-refractivity contribution in [3.63, 3.8) is 0 Å². The van der Waals surface area contributed by atoms with E-state index in [1.807, 2.05) is 25.5 Å². The van der Waals surface area contributed by atoms with Crippen LogP contribution in [-0.4, -0.2) is 21.8 Å². The molecule has 0 radical (unpaired) electrons. The Morgan fingerprint density at radius 2 is 2.00 bits per heavy atom. The van der Waals surface area contributed by atoms with Crippen LogP contribution in [-0.2, 0) is 0 Å². The molecular weight excluding hydrogens is 284 g/mol. The predicted molar refractivity (Wildman–Crippen MR) is 86.1 cm³/mol. The van der Waals surface area contributed by atoms with Crippen LogP contribution in [0.15, 0.2) is 10.9 Å². The van der Waals surface area contributed by atoms with E-state index < -0.39 is 0 Å². The van der Waals surface area contributed by atoms with Crippen molar-refractivity contribution in [2.24, 2.45) is 0 Å². The lowest BCUT2D eigenvalue weighted by molar-refractivity contribution is 0.491. The number of nitrogens with one attached hydrogen (secondary N) is 1. The Labute approximate surface area is 128 Å². The number of nitrogens with zero attached hydrogens (tertiary/aromatic N) is 3. The van der Waals surface area contributed by atoms with Gasteiger partial charge in [0.15, 0.2) is 5.01 Å². The van der Waals surface area contributed by atoms with Crippen molar-refractivity contribution in [1.29, 1.82) is 0 Å². The fourth-order valence-corrected chi connectivity index (χ4v) is 4.00. The quantitative estimate of drug-likeness (QED) is 0.946. The molecule has 0 amide bonds. The highest BCUT2D eigenvalue weighted by Gasteiger charge is 2.23. The fourth-order valence-electron chi connectivity index (χ4n) is 3.21. The monoisotopic (exact) mass is 304 g/mol. The first-order valence-corrected chi connectivity index (χ1v) is 8.18. The average molecular weight is 304 g/mol. The summed E-state index contributed by atoms with van der Waals surface area (Å²) in [5.41, 5.74) is 2.81. The van der Waals surface area contributed by atoms with Crippen LogP contribution >= 0.6 is 11.3 Å². The molecule has 0 unspecified atom stereocenters. The van der Waals surface area contributed by atoms with Crippen LogP contribution in [0.5, 0.6) is 0 Å². The molecule has 2 aromatic rings. The molecule has 1 aliphatic rings. The zero-order chi connectivity index (χ0) is 15.0. The number of rotatable bonds is 3. The Bertz CT molecular complexity index is 713. The van der Waals surface area contributed by atoms with Crippen molar-refractivity contribution in [2.75, 3.05) is 12.4 Å². The zero-order valence-corrected chi connectivity index (χ0v) is 13.5. The summed E-state index contributed by atoms with van der Waals surface area (Å²) < 4.78 is 1.97. The van der Waals surface area contributed by atoms with Gasteiger partial charge in [-0.25, -0.2) is 0 Å². The summed E-state index contributed by atoms with van der Waals surface area (Å²) in [6, 6.07) is 2.43. The topological polar surface area (TPSA) is 59.8 Å². The molecule has 0 atom stereocenters. The molecule has 0 spiro atoms. The van der Waals surface area contributed by atoms with Crippen LogP contribution in [0.25, 0.3) is 10.6 Å². The Morgan fingerprint density at radius 1 is 1.29 bits per heavy atom. The standard InChI is InChI=1S/C15H20N4OS/c1-9-8-10(2)19(11-6-4-5-7-11)14(20)12(9)13-17-18-15(16-3)21-13/h8,11H,4-7H2,1-3H3,(H,16,18). The van der Waals surface area contributed by atoms with Crippen molar-refractivity contribution >= 4 is 16.5 Å². The van der Waals surface area contributed by atoms with Gasteiger partial charge in [-0.2, -0.15) is 0 Å². The highest BCUT2D eigenvalue weighted by molar-refractivity contribution is 7.18. The van der Waals surface area contributed by atoms with Crippen molar-refractivity contribution in [2.45, 2.75) is 45.6 Å². The van der Waals surface area contributed by atoms with E-state index in [9.17, 15) is 4.79 Å². The van der Waals surface area contributed by atoms with E-state index >= 15 is 0 Å². The molecule has 2 aromatic heterocycles. The van der Waals surface area contributed by atoms with Gasteiger partial charge in [0, 0.05) is 18.8 Å². The van der Waals surface area contributed by atoms with E-state index in [0.717, 1.165) is 29.2 Å². The second-order valence-corrected chi connectivity index (χ2v) is 6.60. The zero-order valence-electron chi connectivity index (χ0n) is 12.6. The molecular formula is C15H20N4OS. The molecule has 1 N–H and O–H groups in total. The molecule has 1 aliphatic carbocycles. The minimum absolute atomic E-state index is 0.0817. The maximum atomic E-state index is 13.0. The lowest BCUT2D eigenvalue weighted by Gasteiger charge is -2.19. The minimum Gasteiger partial charge on any atom is -0.363 e. The molecule has 21 heavy (non-hydrogen) atoms. The van der Waals surface area contributed by atoms with Gasteiger partial charge in [-0.05, 0) is 38.3 Å². The molecule has 112 valence electrons. The average Bonchev–Trinajstić information content (AvgIpc) is 3.09. The summed E-state index contributed by atoms with van der Waals surface area (Å²) in [7, 11) is 1.81. The summed E-state index contributed by atoms with van der Waals surface area (Å²) in [5, 5.41) is 12.6. The molecule has 1 fully saturated rings. The van der Waals surface area contributed by atoms with Gasteiger partial charge < -0.3 is 9.88 Å². The second kappa shape index (κ2) is 5.60. The molecule has 2 heterocycles. The smallest absolute Gasteiger partial charge is 0.261 e. The Balaban J connectivity index is 2.16. The predicted octanol–water partition coefficient (Wildman–Crippen LogP) is 3.14. The third-order valence-corrected chi connectivity index (χ3v) is 5.13. The highest BCUT2D eigenvalue weighted by atomic mass is 32.1. The third-order valence-electron chi connectivity index (χ3n) is 4.17. The number of aryl methyl sites for hydroxylation is 2. The molecule has 0 aliphatic heterocycles. The van der Waals surface area contributed by atoms with Crippen LogP contribution in [0.1, 0.15) is 43.0 Å². The van der Waals surface area contributed by atoms with Crippen molar-refractivity contribution in [1.82, 2.24) is 14.8 Å². The van der Waals surface area contributed by atoms with Gasteiger partial charge in [0.25, 0.3) is 5.56 Å². The number of anilines is 1. The summed E-state index contributed by atoms with van der Waals surface area (Å²) in [5.74, 6) is 0. The van der Waals surface area contributed by atoms with Crippen LogP contribution < -0.4 is 10.9 Å². The first kappa shape index (κ1) is 14.3. The van der Waals surface area contributed by atoms with Gasteiger partial charge >= 0.3 is 0 Å². The lowest BCUT2D eigenvalue weighted by Crippen LogP contribution is -2.27. The normalized spacial score (nSPS) is 15.6. The van der Waals surface area contributed by atoms with Crippen molar-refractivity contribution in [3.8, 4) is 10.6 Å². The van der Waals surface area contributed by atoms with Crippen LogP contribution in [0.2, 0.25) is 0 Å². The van der Waals surface area contributed by atoms with Gasteiger partial charge in [-0.1, -0.05) is 24.2 Å². The van der Waals surface area contributed by atoms with Gasteiger partial charge in [0.05, 0.1) is 5.56 Å². The SMILES string of the molecule is CNc1nnc(-c2c(C)cc(C)n(C3CCCC3)c2=O)s1. The largest absolute Gasteiger partial charge is 0.363 e. The van der Waals surface area contributed by atoms with E-state index in [-0.39, 0.29) is 5.56 Å². The first-order valence-electron chi connectivity index (χ1n) is 7.36. The molecule has 1 saturated carbocycles. The van der Waals surface area contributed by atoms with E-state index in [2.05, 4.69) is 21.6 Å². The maximum Gasteiger partial charge on any atom is 0.261 e. The van der Waals surface area contributed by atoms with E-state index in [0.29, 0.717) is 16.6 Å². The number of hydrogen-bond donors (Lipinski definition) is 1. The Morgan fingerprint density at radius 3 is 2.62 bits per heavy atom. The number of aromatic nitrogens is 3. The summed E-state index contributed by atoms with van der Waals surface area (Å²) >= 11 is 1.42. The fraction of sp³-hybridized carbons (Fsp3) is 0.533. The van der Waals surface area contributed by atoms with Crippen LogP contribution in [0.4, 0.5) is 5.13 Å². The lowest BCUT2D eigenvalue weighted by atomic mass is 10.1.